The highest BCUT2D eigenvalue weighted by molar-refractivity contribution is 6.29. The Morgan fingerprint density at radius 3 is 2.43 bits per heavy atom. The zero-order valence-electron chi connectivity index (χ0n) is 10.7. The fourth-order valence-electron chi connectivity index (χ4n) is 1.88. The summed E-state index contributed by atoms with van der Waals surface area (Å²) in [6, 6.07) is 8.40. The number of aromatic hydroxyl groups is 1. The molecule has 0 saturated heterocycles. The van der Waals surface area contributed by atoms with Gasteiger partial charge in [0.1, 0.15) is 16.6 Å². The van der Waals surface area contributed by atoms with Gasteiger partial charge in [-0.15, -0.1) is 0 Å². The fourth-order valence-corrected chi connectivity index (χ4v) is 2.07. The van der Waals surface area contributed by atoms with Gasteiger partial charge in [0.05, 0.1) is 11.4 Å². The molecule has 0 spiro atoms. The van der Waals surface area contributed by atoms with Crippen LogP contribution < -0.4 is 5.73 Å². The molecule has 0 aliphatic rings. The van der Waals surface area contributed by atoms with Gasteiger partial charge in [-0.2, -0.15) is 0 Å². The van der Waals surface area contributed by atoms with Crippen LogP contribution in [0.15, 0.2) is 42.7 Å². The van der Waals surface area contributed by atoms with Gasteiger partial charge >= 0.3 is 0 Å². The van der Waals surface area contributed by atoms with Gasteiger partial charge in [0.15, 0.2) is 0 Å². The fraction of sp³-hybridized carbons (Fsp3) is 0. The van der Waals surface area contributed by atoms with Gasteiger partial charge in [-0.1, -0.05) is 11.6 Å². The van der Waals surface area contributed by atoms with E-state index in [2.05, 4.69) is 19.9 Å². The average molecular weight is 300 g/mol. The van der Waals surface area contributed by atoms with Crippen LogP contribution in [0.4, 0.5) is 5.95 Å². The van der Waals surface area contributed by atoms with Crippen LogP contribution in [0.5, 0.6) is 5.75 Å². The highest BCUT2D eigenvalue weighted by atomic mass is 35.5. The topological polar surface area (TPSA) is 97.8 Å². The van der Waals surface area contributed by atoms with E-state index in [-0.39, 0.29) is 16.9 Å². The second-order valence-corrected chi connectivity index (χ2v) is 4.62. The van der Waals surface area contributed by atoms with Crippen molar-refractivity contribution >= 4 is 17.5 Å². The molecule has 0 radical (unpaired) electrons. The molecule has 7 heteroatoms. The Morgan fingerprint density at radius 1 is 0.952 bits per heavy atom. The number of nitrogens with two attached hydrogens (primary N) is 1. The number of halogens is 1. The molecule has 0 aliphatic carbocycles. The monoisotopic (exact) mass is 299 g/mol. The number of rotatable bonds is 2. The van der Waals surface area contributed by atoms with Gasteiger partial charge in [-0.05, 0) is 24.3 Å². The Balaban J connectivity index is 2.14. The van der Waals surface area contributed by atoms with Crippen LogP contribution in [0.3, 0.4) is 0 Å². The van der Waals surface area contributed by atoms with E-state index in [0.717, 1.165) is 5.56 Å². The second-order valence-electron chi connectivity index (χ2n) is 4.23. The molecule has 0 unspecified atom stereocenters. The molecule has 3 N–H and O–H groups in total. The first-order valence-corrected chi connectivity index (χ1v) is 6.42. The molecule has 0 amide bonds. The molecule has 0 bridgehead atoms. The number of aromatic nitrogens is 4. The number of nitrogens with zero attached hydrogens (tertiary/aromatic N) is 4. The third-order valence-corrected chi connectivity index (χ3v) is 3.00. The lowest BCUT2D eigenvalue weighted by Crippen LogP contribution is -1.98. The van der Waals surface area contributed by atoms with Crippen molar-refractivity contribution < 1.29 is 5.11 Å². The van der Waals surface area contributed by atoms with Gasteiger partial charge in [0.2, 0.25) is 5.95 Å². The van der Waals surface area contributed by atoms with E-state index in [1.54, 1.807) is 24.5 Å². The van der Waals surface area contributed by atoms with Crippen molar-refractivity contribution in [3.63, 3.8) is 0 Å². The standard InChI is InChI=1S/C14H10ClN5O/c15-12-7-10(19-14(16)20-12)13-11(21)2-1-9(18-13)8-3-5-17-6-4-8/h1-7,21H,(H2,16,19,20). The van der Waals surface area contributed by atoms with E-state index in [4.69, 9.17) is 17.3 Å². The average Bonchev–Trinajstić information content (AvgIpc) is 2.47. The van der Waals surface area contributed by atoms with Gasteiger partial charge in [-0.3, -0.25) is 4.98 Å². The van der Waals surface area contributed by atoms with Crippen LogP contribution in [0, 0.1) is 0 Å². The number of anilines is 1. The van der Waals surface area contributed by atoms with Crippen molar-refractivity contribution in [3.05, 3.63) is 47.9 Å². The highest BCUT2D eigenvalue weighted by Gasteiger charge is 2.12. The Bertz CT molecular complexity index is 774. The summed E-state index contributed by atoms with van der Waals surface area (Å²) in [5.41, 5.74) is 7.78. The largest absolute Gasteiger partial charge is 0.506 e. The lowest BCUT2D eigenvalue weighted by molar-refractivity contribution is 0.475. The zero-order chi connectivity index (χ0) is 14.8. The summed E-state index contributed by atoms with van der Waals surface area (Å²) in [5.74, 6) is 0.00925. The lowest BCUT2D eigenvalue weighted by Gasteiger charge is -2.07. The van der Waals surface area contributed by atoms with Crippen LogP contribution in [0.2, 0.25) is 5.15 Å². The van der Waals surface area contributed by atoms with Crippen LogP contribution in [0.1, 0.15) is 0 Å². The normalized spacial score (nSPS) is 10.5. The summed E-state index contributed by atoms with van der Waals surface area (Å²) < 4.78 is 0. The van der Waals surface area contributed by atoms with Gasteiger partial charge in [0.25, 0.3) is 0 Å². The van der Waals surface area contributed by atoms with E-state index in [1.807, 2.05) is 12.1 Å². The molecular formula is C14H10ClN5O. The Morgan fingerprint density at radius 2 is 1.71 bits per heavy atom. The number of hydrogen-bond donors (Lipinski definition) is 2. The first-order valence-electron chi connectivity index (χ1n) is 6.04. The summed E-state index contributed by atoms with van der Waals surface area (Å²) in [4.78, 5) is 16.2. The molecule has 3 aromatic rings. The van der Waals surface area contributed by atoms with Gasteiger partial charge < -0.3 is 10.8 Å². The van der Waals surface area contributed by atoms with Crippen LogP contribution in [0.25, 0.3) is 22.6 Å². The Labute approximate surface area is 125 Å². The smallest absolute Gasteiger partial charge is 0.222 e. The first-order chi connectivity index (χ1) is 10.1. The maximum Gasteiger partial charge on any atom is 0.222 e. The lowest BCUT2D eigenvalue weighted by atomic mass is 10.1. The van der Waals surface area contributed by atoms with Gasteiger partial charge in [0, 0.05) is 24.0 Å². The summed E-state index contributed by atoms with van der Waals surface area (Å²) in [6.45, 7) is 0. The van der Waals surface area contributed by atoms with E-state index < -0.39 is 0 Å². The predicted octanol–water partition coefficient (Wildman–Crippen LogP) is 2.54. The third-order valence-electron chi connectivity index (χ3n) is 2.80. The maximum atomic E-state index is 10.00. The van der Waals surface area contributed by atoms with Crippen molar-refractivity contribution in [2.75, 3.05) is 5.73 Å². The molecule has 0 aliphatic heterocycles. The van der Waals surface area contributed by atoms with Crippen molar-refractivity contribution in [2.45, 2.75) is 0 Å². The van der Waals surface area contributed by atoms with Crippen molar-refractivity contribution in [3.8, 4) is 28.4 Å². The molecular weight excluding hydrogens is 290 g/mol. The first kappa shape index (κ1) is 13.3. The predicted molar refractivity (Wildman–Crippen MR) is 79.6 cm³/mol. The Kier molecular flexibility index (Phi) is 3.37. The minimum absolute atomic E-state index is 0.0121. The molecule has 3 rings (SSSR count). The zero-order valence-corrected chi connectivity index (χ0v) is 11.5. The summed E-state index contributed by atoms with van der Waals surface area (Å²) in [6.07, 6.45) is 3.34. The van der Waals surface area contributed by atoms with E-state index >= 15 is 0 Å². The van der Waals surface area contributed by atoms with Crippen LogP contribution >= 0.6 is 11.6 Å². The van der Waals surface area contributed by atoms with Crippen molar-refractivity contribution in [2.24, 2.45) is 0 Å². The van der Waals surface area contributed by atoms with Gasteiger partial charge in [-0.25, -0.2) is 15.0 Å². The highest BCUT2D eigenvalue weighted by Crippen LogP contribution is 2.30. The SMILES string of the molecule is Nc1nc(Cl)cc(-c2nc(-c3ccncc3)ccc2O)n1. The van der Waals surface area contributed by atoms with Crippen LogP contribution in [-0.2, 0) is 0 Å². The molecule has 3 aromatic heterocycles. The molecule has 21 heavy (non-hydrogen) atoms. The number of hydrogen-bond acceptors (Lipinski definition) is 6. The molecule has 6 nitrogen and oxygen atoms in total. The molecule has 3 heterocycles. The maximum absolute atomic E-state index is 10.00. The molecule has 0 saturated carbocycles. The number of pyridine rings is 2. The van der Waals surface area contributed by atoms with E-state index in [0.29, 0.717) is 17.1 Å². The van der Waals surface area contributed by atoms with Crippen molar-refractivity contribution in [1.82, 2.24) is 19.9 Å². The van der Waals surface area contributed by atoms with E-state index in [1.165, 1.54) is 6.07 Å². The molecule has 0 atom stereocenters. The Hall–Kier alpha value is -2.73. The summed E-state index contributed by atoms with van der Waals surface area (Å²) >= 11 is 5.86. The second kappa shape index (κ2) is 5.34. The van der Waals surface area contributed by atoms with E-state index in [9.17, 15) is 5.11 Å². The quantitative estimate of drug-likeness (QED) is 0.706. The molecule has 0 fully saturated rings. The molecule has 104 valence electrons. The minimum Gasteiger partial charge on any atom is -0.506 e. The number of nitrogen functional groups attached to an aromatic ring is 1. The van der Waals surface area contributed by atoms with Crippen LogP contribution in [-0.4, -0.2) is 25.0 Å². The molecule has 0 aromatic carbocycles. The third kappa shape index (κ3) is 2.75. The van der Waals surface area contributed by atoms with Crippen molar-refractivity contribution in [1.29, 1.82) is 0 Å². The summed E-state index contributed by atoms with van der Waals surface area (Å²) in [7, 11) is 0. The minimum atomic E-state index is -0.0121. The summed E-state index contributed by atoms with van der Waals surface area (Å²) in [5, 5.41) is 10.2.